The van der Waals surface area contributed by atoms with Gasteiger partial charge in [0.05, 0.1) is 0 Å². The fraction of sp³-hybridized carbons (Fsp3) is 0.348. The van der Waals surface area contributed by atoms with E-state index in [1.807, 2.05) is 12.1 Å². The van der Waals surface area contributed by atoms with Crippen molar-refractivity contribution in [1.82, 2.24) is 20.2 Å². The van der Waals surface area contributed by atoms with Crippen molar-refractivity contribution in [2.24, 2.45) is 5.16 Å². The fourth-order valence-electron chi connectivity index (χ4n) is 4.18. The van der Waals surface area contributed by atoms with Crippen molar-refractivity contribution in [1.29, 1.82) is 0 Å². The van der Waals surface area contributed by atoms with Crippen molar-refractivity contribution in [3.05, 3.63) is 46.9 Å². The van der Waals surface area contributed by atoms with Crippen LogP contribution in [0.1, 0.15) is 25.0 Å². The van der Waals surface area contributed by atoms with Crippen LogP contribution in [0.5, 0.6) is 0 Å². The van der Waals surface area contributed by atoms with Crippen LogP contribution in [0.25, 0.3) is 0 Å². The topological polar surface area (TPSA) is 197 Å². The van der Waals surface area contributed by atoms with Crippen molar-refractivity contribution < 1.29 is 34.2 Å². The minimum Gasteiger partial charge on any atom is -0.478 e. The largest absolute Gasteiger partial charge is 0.478 e. The molecule has 39 heavy (non-hydrogen) atoms. The molecule has 0 aromatic carbocycles. The molecule has 2 atom stereocenters. The summed E-state index contributed by atoms with van der Waals surface area (Å²) < 4.78 is 0. The molecule has 2 aromatic rings. The Morgan fingerprint density at radius 3 is 2.62 bits per heavy atom. The lowest BCUT2D eigenvalue weighted by atomic mass is 9.80. The molecule has 2 fully saturated rings. The van der Waals surface area contributed by atoms with Gasteiger partial charge in [-0.2, -0.15) is 0 Å². The van der Waals surface area contributed by atoms with Gasteiger partial charge >= 0.3 is 11.9 Å². The third-order valence-electron chi connectivity index (χ3n) is 6.44. The van der Waals surface area contributed by atoms with Crippen LogP contribution in [-0.4, -0.2) is 83.1 Å². The molecule has 0 bridgehead atoms. The molecule has 0 unspecified atom stereocenters. The highest BCUT2D eigenvalue weighted by molar-refractivity contribution is 8.01. The number of aromatic nitrogens is 2. The summed E-state index contributed by atoms with van der Waals surface area (Å²) in [6.07, 6.45) is 4.40. The van der Waals surface area contributed by atoms with Crippen molar-refractivity contribution in [3.8, 4) is 0 Å². The van der Waals surface area contributed by atoms with E-state index in [1.165, 1.54) is 33.8 Å². The average molecular weight is 591 g/mol. The van der Waals surface area contributed by atoms with Gasteiger partial charge in [0.1, 0.15) is 22.8 Å². The number of carboxylic acids is 2. The number of carbonyl (C=O) groups excluding carboxylic acids is 2. The van der Waals surface area contributed by atoms with E-state index in [-0.39, 0.29) is 35.1 Å². The number of fused-ring (bicyclic) bond motifs is 1. The van der Waals surface area contributed by atoms with E-state index in [9.17, 15) is 29.4 Å². The predicted octanol–water partition coefficient (Wildman–Crippen LogP) is 1.38. The molecule has 4 heterocycles. The number of carboxylic acid groups (broad SMARTS) is 2. The Balaban J connectivity index is 1.32. The van der Waals surface area contributed by atoms with Gasteiger partial charge in [-0.1, -0.05) is 5.16 Å². The van der Waals surface area contributed by atoms with Crippen LogP contribution < -0.4 is 11.1 Å². The van der Waals surface area contributed by atoms with Crippen molar-refractivity contribution in [2.45, 2.75) is 41.2 Å². The molecule has 204 valence electrons. The Morgan fingerprint density at radius 1 is 1.28 bits per heavy atom. The number of anilines is 1. The molecule has 16 heteroatoms. The third kappa shape index (κ3) is 5.18. The number of nitrogens with zero attached hydrogens (tertiary/aromatic N) is 4. The molecule has 1 saturated carbocycles. The number of amides is 2. The van der Waals surface area contributed by atoms with E-state index in [0.29, 0.717) is 23.5 Å². The van der Waals surface area contributed by atoms with Gasteiger partial charge in [-0.15, -0.1) is 34.9 Å². The maximum absolute atomic E-state index is 13.2. The average Bonchev–Trinajstić information content (AvgIpc) is 3.32. The Labute approximate surface area is 233 Å². The molecule has 2 amide bonds. The SMILES string of the molecule is Nc1nc(/C(=N/OC2(C(=O)O)CCC2)C(=O)N[C@@H]2C(=O)N3C(C(=O)O)=C(CSc4ccncc4)CS[C@H]23)cs1. The van der Waals surface area contributed by atoms with Gasteiger partial charge in [0.25, 0.3) is 11.8 Å². The Hall–Kier alpha value is -3.63. The monoisotopic (exact) mass is 590 g/mol. The number of carbonyl (C=O) groups is 4. The number of aliphatic carboxylic acids is 2. The number of nitrogens with two attached hydrogens (primary N) is 1. The van der Waals surface area contributed by atoms with Gasteiger partial charge in [0.2, 0.25) is 5.60 Å². The van der Waals surface area contributed by atoms with Crippen molar-refractivity contribution in [2.75, 3.05) is 17.2 Å². The first-order chi connectivity index (χ1) is 18.7. The zero-order valence-corrected chi connectivity index (χ0v) is 22.6. The van der Waals surface area contributed by atoms with E-state index >= 15 is 0 Å². The summed E-state index contributed by atoms with van der Waals surface area (Å²) in [5, 5.41) is 26.8. The maximum atomic E-state index is 13.2. The molecule has 1 saturated heterocycles. The first-order valence-corrected chi connectivity index (χ1v) is 14.6. The summed E-state index contributed by atoms with van der Waals surface area (Å²) in [5.74, 6) is -3.09. The maximum Gasteiger partial charge on any atom is 0.352 e. The lowest BCUT2D eigenvalue weighted by molar-refractivity contribution is -0.178. The Morgan fingerprint density at radius 2 is 2.03 bits per heavy atom. The second kappa shape index (κ2) is 10.9. The van der Waals surface area contributed by atoms with Crippen LogP contribution in [0.2, 0.25) is 0 Å². The van der Waals surface area contributed by atoms with Crippen LogP contribution in [0.4, 0.5) is 5.13 Å². The lowest BCUT2D eigenvalue weighted by Gasteiger charge is -2.49. The molecule has 0 radical (unpaired) electrons. The minimum atomic E-state index is -1.53. The zero-order chi connectivity index (χ0) is 27.7. The third-order valence-corrected chi connectivity index (χ3v) is 9.55. The van der Waals surface area contributed by atoms with E-state index in [4.69, 9.17) is 10.6 Å². The van der Waals surface area contributed by atoms with Crippen LogP contribution in [0.3, 0.4) is 0 Å². The quantitative estimate of drug-likeness (QED) is 0.134. The fourth-order valence-corrected chi connectivity index (χ4v) is 7.10. The van der Waals surface area contributed by atoms with E-state index in [0.717, 1.165) is 16.2 Å². The second-order valence-corrected chi connectivity index (χ2v) is 11.9. The highest BCUT2D eigenvalue weighted by atomic mass is 32.2. The summed E-state index contributed by atoms with van der Waals surface area (Å²) >= 11 is 3.83. The molecule has 2 aliphatic heterocycles. The first-order valence-electron chi connectivity index (χ1n) is 11.6. The number of nitrogens with one attached hydrogen (secondary N) is 1. The number of hydrogen-bond acceptors (Lipinski definition) is 12. The molecule has 0 spiro atoms. The van der Waals surface area contributed by atoms with Crippen LogP contribution in [0, 0.1) is 0 Å². The first kappa shape index (κ1) is 27.0. The number of hydrogen-bond donors (Lipinski definition) is 4. The molecule has 2 aromatic heterocycles. The number of thioether (sulfide) groups is 2. The number of rotatable bonds is 10. The minimum absolute atomic E-state index is 0.0660. The Kier molecular flexibility index (Phi) is 7.51. The van der Waals surface area contributed by atoms with E-state index in [2.05, 4.69) is 20.4 Å². The molecular formula is C23H22N6O7S3. The number of pyridine rings is 1. The van der Waals surface area contributed by atoms with Crippen LogP contribution in [0.15, 0.2) is 51.2 Å². The summed E-state index contributed by atoms with van der Waals surface area (Å²) in [4.78, 5) is 65.6. The summed E-state index contributed by atoms with van der Waals surface area (Å²) in [6.45, 7) is 0. The smallest absolute Gasteiger partial charge is 0.352 e. The van der Waals surface area contributed by atoms with Gasteiger partial charge < -0.3 is 26.1 Å². The van der Waals surface area contributed by atoms with Crippen molar-refractivity contribution in [3.63, 3.8) is 0 Å². The van der Waals surface area contributed by atoms with Crippen LogP contribution >= 0.6 is 34.9 Å². The highest BCUT2D eigenvalue weighted by Crippen LogP contribution is 2.42. The zero-order valence-electron chi connectivity index (χ0n) is 20.1. The van der Waals surface area contributed by atoms with Crippen LogP contribution in [-0.2, 0) is 24.0 Å². The molecule has 5 N–H and O–H groups in total. The number of nitrogen functional groups attached to an aromatic ring is 1. The normalized spacial score (nSPS) is 21.9. The standard InChI is InChI=1S/C23H22N6O7S3/c24-22-26-13(10-39-22)14(28-36-23(21(34)35)4-1-5-23)17(30)27-15-18(31)29-16(20(32)33)11(9-38-19(15)29)8-37-12-2-6-25-7-3-12/h2-3,6-7,10,15,19H,1,4-5,8-9H2,(H2,24,26)(H,27,30)(H,32,33)(H,34,35)/b28-14-/t15-,19-/m1/s1. The van der Waals surface area contributed by atoms with E-state index < -0.39 is 40.8 Å². The molecule has 13 nitrogen and oxygen atoms in total. The van der Waals surface area contributed by atoms with E-state index in [1.54, 1.807) is 12.4 Å². The lowest BCUT2D eigenvalue weighted by Crippen LogP contribution is -2.71. The molecule has 5 rings (SSSR count). The molecule has 3 aliphatic rings. The summed E-state index contributed by atoms with van der Waals surface area (Å²) in [7, 11) is 0. The number of oxime groups is 1. The number of β-lactam (4-membered cyclic amide) rings is 1. The highest BCUT2D eigenvalue weighted by Gasteiger charge is 2.54. The summed E-state index contributed by atoms with van der Waals surface area (Å²) in [5.41, 5.74) is 4.42. The molecular weight excluding hydrogens is 568 g/mol. The predicted molar refractivity (Wildman–Crippen MR) is 143 cm³/mol. The van der Waals surface area contributed by atoms with Gasteiger partial charge in [-0.3, -0.25) is 19.5 Å². The van der Waals surface area contributed by atoms with Gasteiger partial charge in [0, 0.05) is 47.0 Å². The van der Waals surface area contributed by atoms with Gasteiger partial charge in [-0.05, 0) is 24.1 Å². The summed E-state index contributed by atoms with van der Waals surface area (Å²) in [6, 6.07) is 2.60. The second-order valence-electron chi connectivity index (χ2n) is 8.85. The number of thiazole rings is 1. The Bertz CT molecular complexity index is 1390. The van der Waals surface area contributed by atoms with Gasteiger partial charge in [0.15, 0.2) is 10.8 Å². The van der Waals surface area contributed by atoms with Crippen molar-refractivity contribution >= 4 is 69.5 Å². The van der Waals surface area contributed by atoms with Gasteiger partial charge in [-0.25, -0.2) is 14.6 Å². The molecule has 1 aliphatic carbocycles.